The van der Waals surface area contributed by atoms with E-state index in [9.17, 15) is 24.0 Å². The summed E-state index contributed by atoms with van der Waals surface area (Å²) in [6.07, 6.45) is 6.91. The number of nitrogens with one attached hydrogen (secondary N) is 3. The molecular weight excluding hydrogens is 412 g/mol. The molecule has 0 aromatic heterocycles. The van der Waals surface area contributed by atoms with Gasteiger partial charge in [-0.2, -0.15) is 0 Å². The van der Waals surface area contributed by atoms with E-state index in [1.807, 2.05) is 20.8 Å². The molecule has 1 aliphatic heterocycles. The Hall–Kier alpha value is -2.45. The van der Waals surface area contributed by atoms with Crippen LogP contribution in [-0.2, 0) is 24.0 Å². The first-order valence-corrected chi connectivity index (χ1v) is 11.8. The SMILES string of the molecule is CC(C)(C)[C@H](NC=O)C(=O)N1CCCC1C(=O)N[C@@H](CC1CCC1)C(=O)C(=O)NC1CC1. The van der Waals surface area contributed by atoms with E-state index in [0.717, 1.165) is 32.1 Å². The van der Waals surface area contributed by atoms with Crippen LogP contribution in [0.2, 0.25) is 0 Å². The zero-order valence-corrected chi connectivity index (χ0v) is 19.3. The molecular formula is C23H36N4O5. The molecule has 178 valence electrons. The third-order valence-electron chi connectivity index (χ3n) is 6.75. The van der Waals surface area contributed by atoms with E-state index < -0.39 is 41.1 Å². The summed E-state index contributed by atoms with van der Waals surface area (Å²) in [6, 6.07) is -2.29. The zero-order valence-electron chi connectivity index (χ0n) is 19.3. The molecule has 9 nitrogen and oxygen atoms in total. The minimum Gasteiger partial charge on any atom is -0.347 e. The lowest BCUT2D eigenvalue weighted by atomic mass is 9.80. The van der Waals surface area contributed by atoms with Gasteiger partial charge in [-0.1, -0.05) is 40.0 Å². The van der Waals surface area contributed by atoms with Crippen molar-refractivity contribution in [2.75, 3.05) is 6.54 Å². The Morgan fingerprint density at radius 1 is 1.03 bits per heavy atom. The van der Waals surface area contributed by atoms with Crippen LogP contribution in [-0.4, -0.2) is 65.5 Å². The summed E-state index contributed by atoms with van der Waals surface area (Å²) < 4.78 is 0. The molecule has 2 saturated carbocycles. The van der Waals surface area contributed by atoms with Crippen LogP contribution < -0.4 is 16.0 Å². The molecule has 0 aromatic rings. The summed E-state index contributed by atoms with van der Waals surface area (Å²) in [5.74, 6) is -1.65. The molecule has 3 N–H and O–H groups in total. The predicted octanol–water partition coefficient (Wildman–Crippen LogP) is 0.661. The van der Waals surface area contributed by atoms with E-state index in [4.69, 9.17) is 0 Å². The fourth-order valence-corrected chi connectivity index (χ4v) is 4.43. The number of amides is 4. The number of nitrogens with zero attached hydrogens (tertiary/aromatic N) is 1. The number of likely N-dealkylation sites (tertiary alicyclic amines) is 1. The van der Waals surface area contributed by atoms with Crippen molar-refractivity contribution in [3.8, 4) is 0 Å². The normalized spacial score (nSPS) is 23.0. The molecule has 0 radical (unpaired) electrons. The van der Waals surface area contributed by atoms with Gasteiger partial charge in [0, 0.05) is 12.6 Å². The number of hydrogen-bond donors (Lipinski definition) is 3. The van der Waals surface area contributed by atoms with Crippen molar-refractivity contribution in [2.45, 2.75) is 96.3 Å². The highest BCUT2D eigenvalue weighted by atomic mass is 16.2. The van der Waals surface area contributed by atoms with Crippen molar-refractivity contribution in [2.24, 2.45) is 11.3 Å². The maximum absolute atomic E-state index is 13.2. The van der Waals surface area contributed by atoms with Crippen molar-refractivity contribution in [1.82, 2.24) is 20.9 Å². The largest absolute Gasteiger partial charge is 0.347 e. The molecule has 0 spiro atoms. The molecule has 0 bridgehead atoms. The molecule has 4 amide bonds. The first kappa shape index (κ1) is 24.2. The minimum absolute atomic E-state index is 0.0640. The van der Waals surface area contributed by atoms with Gasteiger partial charge in [0.05, 0.1) is 6.04 Å². The van der Waals surface area contributed by atoms with Gasteiger partial charge in [-0.3, -0.25) is 24.0 Å². The molecule has 1 saturated heterocycles. The molecule has 1 heterocycles. The minimum atomic E-state index is -0.879. The zero-order chi connectivity index (χ0) is 23.5. The van der Waals surface area contributed by atoms with Crippen LogP contribution in [0.25, 0.3) is 0 Å². The lowest BCUT2D eigenvalue weighted by molar-refractivity contribution is -0.144. The van der Waals surface area contributed by atoms with E-state index >= 15 is 0 Å². The van der Waals surface area contributed by atoms with Crippen molar-refractivity contribution < 1.29 is 24.0 Å². The average Bonchev–Trinajstić information content (AvgIpc) is 3.36. The first-order chi connectivity index (χ1) is 15.1. The Kier molecular flexibility index (Phi) is 7.56. The molecule has 3 rings (SSSR count). The second-order valence-corrected chi connectivity index (χ2v) is 10.5. The van der Waals surface area contributed by atoms with Crippen molar-refractivity contribution >= 4 is 29.9 Å². The van der Waals surface area contributed by atoms with E-state index in [2.05, 4.69) is 16.0 Å². The number of ketones is 1. The molecule has 2 aliphatic carbocycles. The van der Waals surface area contributed by atoms with Crippen LogP contribution in [0, 0.1) is 11.3 Å². The van der Waals surface area contributed by atoms with E-state index in [0.29, 0.717) is 38.1 Å². The van der Waals surface area contributed by atoms with Crippen LogP contribution >= 0.6 is 0 Å². The Balaban J connectivity index is 1.69. The molecule has 3 fully saturated rings. The Morgan fingerprint density at radius 2 is 1.72 bits per heavy atom. The maximum Gasteiger partial charge on any atom is 0.289 e. The number of rotatable bonds is 10. The van der Waals surface area contributed by atoms with Gasteiger partial charge in [0.15, 0.2) is 0 Å². The standard InChI is InChI=1S/C23H36N4O5/c1-23(2,3)19(24-13-28)22(32)27-11-5-8-17(27)20(30)26-16(12-14-6-4-7-14)18(29)21(31)25-15-9-10-15/h13-17,19H,4-12H2,1-3H3,(H,24,28)(H,25,31)(H,26,30)/t16-,17?,19+/m0/s1. The summed E-state index contributed by atoms with van der Waals surface area (Å²) in [5, 5.41) is 8.09. The highest BCUT2D eigenvalue weighted by Crippen LogP contribution is 2.31. The summed E-state index contributed by atoms with van der Waals surface area (Å²) in [5.41, 5.74) is -0.523. The molecule has 3 aliphatic rings. The Bertz CT molecular complexity index is 754. The second-order valence-electron chi connectivity index (χ2n) is 10.5. The van der Waals surface area contributed by atoms with Crippen molar-refractivity contribution in [1.29, 1.82) is 0 Å². The number of Topliss-reactive ketones (excluding diaryl/α,β-unsaturated/α-hetero) is 1. The molecule has 0 aromatic carbocycles. The van der Waals surface area contributed by atoms with Crippen LogP contribution in [0.15, 0.2) is 0 Å². The average molecular weight is 449 g/mol. The van der Waals surface area contributed by atoms with Crippen LogP contribution in [0.4, 0.5) is 0 Å². The van der Waals surface area contributed by atoms with Gasteiger partial charge in [-0.05, 0) is 43.4 Å². The molecule has 1 unspecified atom stereocenters. The van der Waals surface area contributed by atoms with Gasteiger partial charge < -0.3 is 20.9 Å². The van der Waals surface area contributed by atoms with Crippen LogP contribution in [0.3, 0.4) is 0 Å². The molecule has 9 heteroatoms. The maximum atomic E-state index is 13.2. The second kappa shape index (κ2) is 10.0. The quantitative estimate of drug-likeness (QED) is 0.335. The number of hydrogen-bond acceptors (Lipinski definition) is 5. The monoisotopic (exact) mass is 448 g/mol. The van der Waals surface area contributed by atoms with Crippen LogP contribution in [0.1, 0.15) is 72.1 Å². The molecule has 32 heavy (non-hydrogen) atoms. The summed E-state index contributed by atoms with van der Waals surface area (Å²) in [4.78, 5) is 64.1. The number of carbonyl (C=O) groups is 5. The van der Waals surface area contributed by atoms with Crippen LogP contribution in [0.5, 0.6) is 0 Å². The van der Waals surface area contributed by atoms with Gasteiger partial charge >= 0.3 is 0 Å². The summed E-state index contributed by atoms with van der Waals surface area (Å²) in [6.45, 7) is 5.96. The number of carbonyl (C=O) groups excluding carboxylic acids is 5. The molecule has 3 atom stereocenters. The smallest absolute Gasteiger partial charge is 0.289 e. The van der Waals surface area contributed by atoms with Gasteiger partial charge in [0.25, 0.3) is 5.91 Å². The van der Waals surface area contributed by atoms with Gasteiger partial charge in [0.1, 0.15) is 12.1 Å². The summed E-state index contributed by atoms with van der Waals surface area (Å²) in [7, 11) is 0. The van der Waals surface area contributed by atoms with Crippen molar-refractivity contribution in [3.63, 3.8) is 0 Å². The highest BCUT2D eigenvalue weighted by Gasteiger charge is 2.42. The lowest BCUT2D eigenvalue weighted by Crippen LogP contribution is -2.58. The van der Waals surface area contributed by atoms with Gasteiger partial charge in [-0.15, -0.1) is 0 Å². The third kappa shape index (κ3) is 5.86. The fourth-order valence-electron chi connectivity index (χ4n) is 4.43. The first-order valence-electron chi connectivity index (χ1n) is 11.8. The topological polar surface area (TPSA) is 125 Å². The van der Waals surface area contributed by atoms with E-state index in [1.54, 1.807) is 0 Å². The van der Waals surface area contributed by atoms with Crippen molar-refractivity contribution in [3.05, 3.63) is 0 Å². The highest BCUT2D eigenvalue weighted by molar-refractivity contribution is 6.38. The third-order valence-corrected chi connectivity index (χ3v) is 6.75. The summed E-state index contributed by atoms with van der Waals surface area (Å²) >= 11 is 0. The van der Waals surface area contributed by atoms with Gasteiger partial charge in [0.2, 0.25) is 24.0 Å². The van der Waals surface area contributed by atoms with E-state index in [-0.39, 0.29) is 11.9 Å². The fraction of sp³-hybridized carbons (Fsp3) is 0.783. The Labute approximate surface area is 189 Å². The predicted molar refractivity (Wildman–Crippen MR) is 117 cm³/mol. The Morgan fingerprint density at radius 3 is 2.25 bits per heavy atom. The van der Waals surface area contributed by atoms with Gasteiger partial charge in [-0.25, -0.2) is 0 Å². The lowest BCUT2D eigenvalue weighted by Gasteiger charge is -2.35. The van der Waals surface area contributed by atoms with E-state index in [1.165, 1.54) is 4.90 Å².